The van der Waals surface area contributed by atoms with E-state index in [1.807, 2.05) is 42.5 Å². The van der Waals surface area contributed by atoms with Crippen LogP contribution in [0.25, 0.3) is 22.6 Å². The standard InChI is InChI=1S/C26H19Cl2NO3/c27-18-11-10-17(22(28)14-18)15-32-26(30)24-20-7-1-2-9-23(20)29-25-16(5-3-8-21(24)25)13-19-6-4-12-31-19/h1-2,4,6-7,9-14H,3,5,8,15H2. The van der Waals surface area contributed by atoms with Crippen LogP contribution in [-0.2, 0) is 17.8 Å². The van der Waals surface area contributed by atoms with Crippen molar-refractivity contribution in [3.63, 3.8) is 0 Å². The molecule has 0 unspecified atom stereocenters. The molecule has 1 aliphatic rings. The second-order valence-corrected chi connectivity index (χ2v) is 8.53. The monoisotopic (exact) mass is 463 g/mol. The van der Waals surface area contributed by atoms with Gasteiger partial charge in [-0.3, -0.25) is 0 Å². The van der Waals surface area contributed by atoms with E-state index in [9.17, 15) is 4.79 Å². The van der Waals surface area contributed by atoms with Gasteiger partial charge in [0.2, 0.25) is 0 Å². The molecule has 4 nitrogen and oxygen atoms in total. The Balaban J connectivity index is 1.57. The van der Waals surface area contributed by atoms with Gasteiger partial charge in [0.1, 0.15) is 12.4 Å². The summed E-state index contributed by atoms with van der Waals surface area (Å²) in [6.07, 6.45) is 6.20. The van der Waals surface area contributed by atoms with Crippen LogP contribution in [0, 0.1) is 0 Å². The highest BCUT2D eigenvalue weighted by atomic mass is 35.5. The van der Waals surface area contributed by atoms with E-state index >= 15 is 0 Å². The zero-order valence-electron chi connectivity index (χ0n) is 17.1. The SMILES string of the molecule is O=C(OCc1ccc(Cl)cc1Cl)c1c2c(nc3ccccc13)C(=Cc1ccco1)CCC2. The van der Waals surface area contributed by atoms with Crippen LogP contribution in [0.4, 0.5) is 0 Å². The van der Waals surface area contributed by atoms with E-state index in [2.05, 4.69) is 0 Å². The summed E-state index contributed by atoms with van der Waals surface area (Å²) < 4.78 is 11.2. The van der Waals surface area contributed by atoms with E-state index in [1.165, 1.54) is 0 Å². The van der Waals surface area contributed by atoms with Crippen LogP contribution < -0.4 is 0 Å². The zero-order valence-corrected chi connectivity index (χ0v) is 18.6. The lowest BCUT2D eigenvalue weighted by Crippen LogP contribution is -2.15. The number of ether oxygens (including phenoxy) is 1. The molecule has 4 aromatic rings. The molecule has 0 fully saturated rings. The number of carbonyl (C=O) groups is 1. The maximum atomic E-state index is 13.3. The summed E-state index contributed by atoms with van der Waals surface area (Å²) in [4.78, 5) is 18.3. The highest BCUT2D eigenvalue weighted by molar-refractivity contribution is 6.35. The van der Waals surface area contributed by atoms with Crippen molar-refractivity contribution >= 4 is 51.7 Å². The van der Waals surface area contributed by atoms with Crippen LogP contribution in [0.15, 0.2) is 65.3 Å². The minimum absolute atomic E-state index is 0.0648. The molecule has 0 saturated heterocycles. The summed E-state index contributed by atoms with van der Waals surface area (Å²) in [6, 6.07) is 16.6. The Morgan fingerprint density at radius 2 is 1.97 bits per heavy atom. The van der Waals surface area contributed by atoms with Crippen LogP contribution in [0.2, 0.25) is 10.0 Å². The van der Waals surface area contributed by atoms with Gasteiger partial charge >= 0.3 is 5.97 Å². The molecule has 0 N–H and O–H groups in total. The minimum atomic E-state index is -0.384. The first-order valence-corrected chi connectivity index (χ1v) is 11.1. The molecule has 0 spiro atoms. The number of furan rings is 1. The predicted molar refractivity (Wildman–Crippen MR) is 127 cm³/mol. The molecule has 6 heteroatoms. The van der Waals surface area contributed by atoms with Crippen molar-refractivity contribution in [2.75, 3.05) is 0 Å². The highest BCUT2D eigenvalue weighted by Crippen LogP contribution is 2.36. The second-order valence-electron chi connectivity index (χ2n) is 7.68. The second kappa shape index (κ2) is 8.81. The number of esters is 1. The summed E-state index contributed by atoms with van der Waals surface area (Å²) in [7, 11) is 0. The molecule has 2 aromatic heterocycles. The number of carbonyl (C=O) groups excluding carboxylic acids is 1. The molecule has 0 saturated carbocycles. The molecule has 5 rings (SSSR count). The van der Waals surface area contributed by atoms with E-state index in [-0.39, 0.29) is 12.6 Å². The minimum Gasteiger partial charge on any atom is -0.465 e. The number of aromatic nitrogens is 1. The number of allylic oxidation sites excluding steroid dienone is 1. The maximum absolute atomic E-state index is 13.3. The van der Waals surface area contributed by atoms with Gasteiger partial charge < -0.3 is 9.15 Å². The van der Waals surface area contributed by atoms with Crippen LogP contribution in [0.1, 0.15) is 45.8 Å². The fraction of sp³-hybridized carbons (Fsp3) is 0.154. The van der Waals surface area contributed by atoms with Gasteiger partial charge in [0.15, 0.2) is 0 Å². The predicted octanol–water partition coefficient (Wildman–Crippen LogP) is 7.37. The highest BCUT2D eigenvalue weighted by Gasteiger charge is 2.26. The van der Waals surface area contributed by atoms with Crippen molar-refractivity contribution < 1.29 is 13.9 Å². The molecule has 32 heavy (non-hydrogen) atoms. The summed E-state index contributed by atoms with van der Waals surface area (Å²) in [5, 5.41) is 1.79. The number of benzene rings is 2. The quantitative estimate of drug-likeness (QED) is 0.296. The molecule has 0 bridgehead atoms. The molecule has 0 aliphatic heterocycles. The number of halogens is 2. The van der Waals surface area contributed by atoms with E-state index in [1.54, 1.807) is 24.5 Å². The van der Waals surface area contributed by atoms with Crippen LogP contribution >= 0.6 is 23.2 Å². The first-order valence-electron chi connectivity index (χ1n) is 10.4. The summed E-state index contributed by atoms with van der Waals surface area (Å²) in [6.45, 7) is 0.0648. The van der Waals surface area contributed by atoms with Crippen molar-refractivity contribution in [3.05, 3.63) is 99.1 Å². The third-order valence-corrected chi connectivity index (χ3v) is 6.19. The van der Waals surface area contributed by atoms with Crippen LogP contribution in [0.3, 0.4) is 0 Å². The average Bonchev–Trinajstić information content (AvgIpc) is 3.30. The lowest BCUT2D eigenvalue weighted by atomic mass is 9.86. The number of hydrogen-bond donors (Lipinski definition) is 0. The molecule has 0 amide bonds. The molecule has 2 aromatic carbocycles. The number of hydrogen-bond acceptors (Lipinski definition) is 4. The smallest absolute Gasteiger partial charge is 0.339 e. The first kappa shape index (κ1) is 20.8. The van der Waals surface area contributed by atoms with Crippen LogP contribution in [-0.4, -0.2) is 11.0 Å². The summed E-state index contributed by atoms with van der Waals surface area (Å²) >= 11 is 12.2. The van der Waals surface area contributed by atoms with Gasteiger partial charge in [-0.2, -0.15) is 0 Å². The Labute approximate surface area is 195 Å². The normalized spacial score (nSPS) is 14.5. The fourth-order valence-electron chi connectivity index (χ4n) is 4.11. The lowest BCUT2D eigenvalue weighted by Gasteiger charge is -2.22. The third kappa shape index (κ3) is 4.04. The van der Waals surface area contributed by atoms with Crippen molar-refractivity contribution in [2.24, 2.45) is 0 Å². The summed E-state index contributed by atoms with van der Waals surface area (Å²) in [5.74, 6) is 0.384. The van der Waals surface area contributed by atoms with E-state index < -0.39 is 0 Å². The van der Waals surface area contributed by atoms with Gasteiger partial charge in [-0.1, -0.05) is 47.5 Å². The first-order chi connectivity index (χ1) is 15.6. The molecule has 0 atom stereocenters. The van der Waals surface area contributed by atoms with Crippen molar-refractivity contribution in [3.8, 4) is 0 Å². The number of para-hydroxylation sites is 1. The van der Waals surface area contributed by atoms with Crippen LogP contribution in [0.5, 0.6) is 0 Å². The van der Waals surface area contributed by atoms with Gasteiger partial charge in [0, 0.05) is 21.0 Å². The van der Waals surface area contributed by atoms with Crippen molar-refractivity contribution in [1.82, 2.24) is 4.98 Å². The molecular weight excluding hydrogens is 445 g/mol. The van der Waals surface area contributed by atoms with Gasteiger partial charge in [-0.05, 0) is 66.8 Å². The Hall–Kier alpha value is -3.08. The topological polar surface area (TPSA) is 52.3 Å². The van der Waals surface area contributed by atoms with E-state index in [0.717, 1.165) is 52.8 Å². The van der Waals surface area contributed by atoms with E-state index in [4.69, 9.17) is 37.3 Å². The van der Waals surface area contributed by atoms with Crippen molar-refractivity contribution in [2.45, 2.75) is 25.9 Å². The van der Waals surface area contributed by atoms with E-state index in [0.29, 0.717) is 21.2 Å². The van der Waals surface area contributed by atoms with Gasteiger partial charge in [0.25, 0.3) is 0 Å². The Morgan fingerprint density at radius 3 is 2.78 bits per heavy atom. The average molecular weight is 464 g/mol. The fourth-order valence-corrected chi connectivity index (χ4v) is 4.57. The largest absolute Gasteiger partial charge is 0.465 e. The Kier molecular flexibility index (Phi) is 5.73. The summed E-state index contributed by atoms with van der Waals surface area (Å²) in [5.41, 5.74) is 4.84. The number of rotatable bonds is 4. The number of fused-ring (bicyclic) bond motifs is 2. The Morgan fingerprint density at radius 1 is 1.09 bits per heavy atom. The maximum Gasteiger partial charge on any atom is 0.339 e. The molecular formula is C26H19Cl2NO3. The Bertz CT molecular complexity index is 1340. The molecule has 160 valence electrons. The molecule has 2 heterocycles. The zero-order chi connectivity index (χ0) is 22.1. The van der Waals surface area contributed by atoms with Gasteiger partial charge in [0.05, 0.1) is 23.0 Å². The molecule has 1 aliphatic carbocycles. The van der Waals surface area contributed by atoms with Gasteiger partial charge in [-0.15, -0.1) is 0 Å². The molecule has 0 radical (unpaired) electrons. The van der Waals surface area contributed by atoms with Gasteiger partial charge in [-0.25, -0.2) is 9.78 Å². The lowest BCUT2D eigenvalue weighted by molar-refractivity contribution is 0.0473. The number of pyridine rings is 1. The number of nitrogens with zero attached hydrogens (tertiary/aromatic N) is 1. The third-order valence-electron chi connectivity index (χ3n) is 5.61. The van der Waals surface area contributed by atoms with Crippen molar-refractivity contribution in [1.29, 1.82) is 0 Å².